The number of fused-ring (bicyclic) bond motifs is 2. The maximum Gasteiger partial charge on any atom is 0.222 e. The van der Waals surface area contributed by atoms with Crippen LogP contribution in [0.4, 0.5) is 5.82 Å². The number of methoxy groups -OCH3 is 1. The first-order valence-electron chi connectivity index (χ1n) is 12.3. The lowest BCUT2D eigenvalue weighted by Gasteiger charge is -2.48. The van der Waals surface area contributed by atoms with Crippen LogP contribution in [0.1, 0.15) is 30.9 Å². The minimum absolute atomic E-state index is 0.0726. The van der Waals surface area contributed by atoms with E-state index < -0.39 is 0 Å². The smallest absolute Gasteiger partial charge is 0.222 e. The molecule has 6 rings (SSSR count). The number of likely N-dealkylation sites (tertiary alicyclic amines) is 1. The second kappa shape index (κ2) is 8.23. The summed E-state index contributed by atoms with van der Waals surface area (Å²) in [4.78, 5) is 21.4. The lowest BCUT2D eigenvalue weighted by molar-refractivity contribution is -0.141. The van der Waals surface area contributed by atoms with E-state index in [9.17, 15) is 10.1 Å². The number of ether oxygens (including phenoxy) is 1. The number of amides is 1. The normalized spacial score (nSPS) is 16.5. The number of benzene rings is 2. The molecule has 1 N–H and O–H groups in total. The van der Waals surface area contributed by atoms with E-state index in [4.69, 9.17) is 9.72 Å². The van der Waals surface area contributed by atoms with E-state index in [1.807, 2.05) is 42.3 Å². The SMILES string of the molecule is CCC(=O)N1CC2(CCN(c3nc4cc(OC)ccc4c(-c4c(C)ccc5[nH]ncc45)c3C#N)C2)C1. The Morgan fingerprint density at radius 3 is 2.78 bits per heavy atom. The summed E-state index contributed by atoms with van der Waals surface area (Å²) in [5.41, 5.74) is 5.30. The Hall–Kier alpha value is -4.12. The van der Waals surface area contributed by atoms with Crippen molar-refractivity contribution in [2.24, 2.45) is 5.41 Å². The second-order valence-electron chi connectivity index (χ2n) is 10.0. The van der Waals surface area contributed by atoms with Crippen LogP contribution in [0.5, 0.6) is 5.75 Å². The van der Waals surface area contributed by atoms with Gasteiger partial charge in [-0.3, -0.25) is 9.89 Å². The Morgan fingerprint density at radius 2 is 2.03 bits per heavy atom. The van der Waals surface area contributed by atoms with Gasteiger partial charge in [0.2, 0.25) is 5.91 Å². The number of nitrogens with one attached hydrogen (secondary N) is 1. The first-order chi connectivity index (χ1) is 17.5. The number of nitriles is 1. The van der Waals surface area contributed by atoms with Crippen LogP contribution < -0.4 is 9.64 Å². The zero-order valence-electron chi connectivity index (χ0n) is 20.8. The Balaban J connectivity index is 1.53. The molecule has 8 nitrogen and oxygen atoms in total. The summed E-state index contributed by atoms with van der Waals surface area (Å²) in [6.07, 6.45) is 3.34. The lowest BCUT2D eigenvalue weighted by Crippen LogP contribution is -2.59. The number of anilines is 1. The van der Waals surface area contributed by atoms with E-state index >= 15 is 0 Å². The van der Waals surface area contributed by atoms with Crippen LogP contribution >= 0.6 is 0 Å². The van der Waals surface area contributed by atoms with E-state index in [2.05, 4.69) is 34.2 Å². The van der Waals surface area contributed by atoms with Gasteiger partial charge in [0.05, 0.1) is 24.3 Å². The zero-order valence-corrected chi connectivity index (χ0v) is 20.8. The molecular formula is C28H28N6O2. The van der Waals surface area contributed by atoms with Crippen LogP contribution in [-0.2, 0) is 4.79 Å². The van der Waals surface area contributed by atoms with Crippen LogP contribution in [0.15, 0.2) is 36.5 Å². The lowest BCUT2D eigenvalue weighted by atomic mass is 9.79. The summed E-state index contributed by atoms with van der Waals surface area (Å²) in [6.45, 7) is 7.12. The van der Waals surface area contributed by atoms with Crippen LogP contribution in [0, 0.1) is 23.7 Å². The fourth-order valence-electron chi connectivity index (χ4n) is 5.95. The summed E-state index contributed by atoms with van der Waals surface area (Å²) in [6, 6.07) is 12.4. The predicted molar refractivity (Wildman–Crippen MR) is 139 cm³/mol. The number of aryl methyl sites for hydroxylation is 1. The molecule has 4 heterocycles. The third-order valence-corrected chi connectivity index (χ3v) is 7.81. The maximum absolute atomic E-state index is 12.1. The van der Waals surface area contributed by atoms with Crippen molar-refractivity contribution in [1.29, 1.82) is 5.26 Å². The average molecular weight is 481 g/mol. The van der Waals surface area contributed by atoms with E-state index in [0.29, 0.717) is 17.8 Å². The molecule has 2 fully saturated rings. The number of carbonyl (C=O) groups is 1. The highest BCUT2D eigenvalue weighted by Crippen LogP contribution is 2.45. The third kappa shape index (κ3) is 3.30. The summed E-state index contributed by atoms with van der Waals surface area (Å²) in [7, 11) is 1.65. The van der Waals surface area contributed by atoms with Gasteiger partial charge in [-0.1, -0.05) is 13.0 Å². The summed E-state index contributed by atoms with van der Waals surface area (Å²) in [5, 5.41) is 19.7. The molecule has 8 heteroatoms. The molecule has 36 heavy (non-hydrogen) atoms. The topological polar surface area (TPSA) is 98.1 Å². The van der Waals surface area contributed by atoms with Crippen LogP contribution in [0.3, 0.4) is 0 Å². The average Bonchev–Trinajstić information content (AvgIpc) is 3.54. The Labute approximate surface area is 209 Å². The number of carbonyl (C=O) groups excluding carboxylic acids is 1. The fraction of sp³-hybridized carbons (Fsp3) is 0.357. The molecule has 4 aromatic rings. The van der Waals surface area contributed by atoms with Crippen LogP contribution in [0.25, 0.3) is 32.9 Å². The highest BCUT2D eigenvalue weighted by molar-refractivity contribution is 6.08. The zero-order chi connectivity index (χ0) is 25.0. The Bertz CT molecular complexity index is 1560. The predicted octanol–water partition coefficient (Wildman–Crippen LogP) is 4.42. The number of aromatic nitrogens is 3. The minimum Gasteiger partial charge on any atom is -0.497 e. The molecular weight excluding hydrogens is 452 g/mol. The molecule has 1 amide bonds. The van der Waals surface area contributed by atoms with Gasteiger partial charge >= 0.3 is 0 Å². The fourth-order valence-corrected chi connectivity index (χ4v) is 5.95. The van der Waals surface area contributed by atoms with Gasteiger partial charge in [0.25, 0.3) is 0 Å². The number of hydrogen-bond donors (Lipinski definition) is 1. The van der Waals surface area contributed by atoms with Crippen LogP contribution in [0.2, 0.25) is 0 Å². The van der Waals surface area contributed by atoms with Crippen molar-refractivity contribution in [1.82, 2.24) is 20.1 Å². The highest BCUT2D eigenvalue weighted by Gasteiger charge is 2.49. The first-order valence-corrected chi connectivity index (χ1v) is 12.3. The van der Waals surface area contributed by atoms with Gasteiger partial charge in [0.15, 0.2) is 0 Å². The molecule has 0 unspecified atom stereocenters. The van der Waals surface area contributed by atoms with Gasteiger partial charge in [-0.15, -0.1) is 0 Å². The number of pyridine rings is 1. The minimum atomic E-state index is 0.0726. The second-order valence-corrected chi connectivity index (χ2v) is 10.0. The summed E-state index contributed by atoms with van der Waals surface area (Å²) >= 11 is 0. The quantitative estimate of drug-likeness (QED) is 0.464. The van der Waals surface area contributed by atoms with Crippen molar-refractivity contribution >= 4 is 33.5 Å². The van der Waals surface area contributed by atoms with E-state index in [-0.39, 0.29) is 11.3 Å². The van der Waals surface area contributed by atoms with Gasteiger partial charge in [-0.2, -0.15) is 10.4 Å². The van der Waals surface area contributed by atoms with Crippen molar-refractivity contribution in [2.75, 3.05) is 38.2 Å². The van der Waals surface area contributed by atoms with E-state index in [0.717, 1.165) is 76.8 Å². The molecule has 0 atom stereocenters. The molecule has 2 aliphatic heterocycles. The monoisotopic (exact) mass is 480 g/mol. The van der Waals surface area contributed by atoms with Crippen molar-refractivity contribution in [3.05, 3.63) is 47.7 Å². The standard InChI is InChI=1S/C28H28N6O2/c1-4-24(35)34-15-28(16-34)9-10-33(14-28)27-20(12-29)26(19-7-6-18(36-3)11-23(19)31-27)25-17(2)5-8-22-21(25)13-30-32-22/h5-8,11,13H,4,9-10,14-16H2,1-3H3,(H,30,32). The van der Waals surface area contributed by atoms with Gasteiger partial charge in [-0.05, 0) is 42.7 Å². The number of H-pyrrole nitrogens is 1. The molecule has 1 spiro atoms. The number of hydrogen-bond acceptors (Lipinski definition) is 6. The number of aromatic amines is 1. The summed E-state index contributed by atoms with van der Waals surface area (Å²) in [5.74, 6) is 1.63. The highest BCUT2D eigenvalue weighted by atomic mass is 16.5. The molecule has 0 bridgehead atoms. The molecule has 0 aliphatic carbocycles. The van der Waals surface area contributed by atoms with Crippen LogP contribution in [-0.4, -0.2) is 59.3 Å². The van der Waals surface area contributed by atoms with Crippen molar-refractivity contribution < 1.29 is 9.53 Å². The van der Waals surface area contributed by atoms with E-state index in [1.54, 1.807) is 7.11 Å². The third-order valence-electron chi connectivity index (χ3n) is 7.81. The van der Waals surface area contributed by atoms with Gasteiger partial charge < -0.3 is 14.5 Å². The van der Waals surface area contributed by atoms with Crippen molar-refractivity contribution in [3.8, 4) is 22.9 Å². The Morgan fingerprint density at radius 1 is 1.19 bits per heavy atom. The number of rotatable bonds is 4. The van der Waals surface area contributed by atoms with Crippen molar-refractivity contribution in [2.45, 2.75) is 26.7 Å². The van der Waals surface area contributed by atoms with Gasteiger partial charge in [0.1, 0.15) is 23.2 Å². The summed E-state index contributed by atoms with van der Waals surface area (Å²) < 4.78 is 5.50. The molecule has 2 saturated heterocycles. The number of nitrogens with zero attached hydrogens (tertiary/aromatic N) is 5. The molecule has 0 radical (unpaired) electrons. The van der Waals surface area contributed by atoms with E-state index in [1.165, 1.54) is 0 Å². The van der Waals surface area contributed by atoms with Gasteiger partial charge in [-0.25, -0.2) is 4.98 Å². The Kier molecular flexibility index (Phi) is 5.11. The molecule has 2 aromatic carbocycles. The van der Waals surface area contributed by atoms with Crippen molar-refractivity contribution in [3.63, 3.8) is 0 Å². The molecule has 0 saturated carbocycles. The largest absolute Gasteiger partial charge is 0.497 e. The van der Waals surface area contributed by atoms with Gasteiger partial charge in [0, 0.05) is 60.4 Å². The first kappa shape index (κ1) is 22.4. The molecule has 2 aromatic heterocycles. The molecule has 182 valence electrons. The maximum atomic E-state index is 12.1. The molecule has 2 aliphatic rings.